The van der Waals surface area contributed by atoms with Crippen molar-refractivity contribution in [3.8, 4) is 0 Å². The zero-order valence-corrected chi connectivity index (χ0v) is 12.0. The Hall–Kier alpha value is -1.32. The van der Waals surface area contributed by atoms with Gasteiger partial charge in [-0.3, -0.25) is 0 Å². The van der Waals surface area contributed by atoms with E-state index in [0.29, 0.717) is 18.6 Å². The third-order valence-corrected chi connectivity index (χ3v) is 4.33. The number of fused-ring (bicyclic) bond motifs is 1. The van der Waals surface area contributed by atoms with Crippen molar-refractivity contribution in [2.24, 2.45) is 11.7 Å². The predicted molar refractivity (Wildman–Crippen MR) is 80.5 cm³/mol. The Morgan fingerprint density at radius 1 is 1.30 bits per heavy atom. The molecule has 1 aliphatic rings. The van der Waals surface area contributed by atoms with Crippen LogP contribution in [0.15, 0.2) is 34.7 Å². The molecule has 108 valence electrons. The molecule has 0 saturated heterocycles. The Labute approximate surface area is 120 Å². The van der Waals surface area contributed by atoms with Crippen molar-refractivity contribution in [3.63, 3.8) is 0 Å². The van der Waals surface area contributed by atoms with Gasteiger partial charge in [0.2, 0.25) is 0 Å². The van der Waals surface area contributed by atoms with Crippen molar-refractivity contribution in [1.82, 2.24) is 0 Å². The first kappa shape index (κ1) is 13.7. The van der Waals surface area contributed by atoms with Gasteiger partial charge in [-0.1, -0.05) is 38.0 Å². The molecule has 0 aliphatic heterocycles. The van der Waals surface area contributed by atoms with Crippen LogP contribution in [0, 0.1) is 5.92 Å². The van der Waals surface area contributed by atoms with Crippen molar-refractivity contribution in [2.75, 3.05) is 6.61 Å². The van der Waals surface area contributed by atoms with Crippen molar-refractivity contribution in [1.29, 1.82) is 0 Å². The Balaban J connectivity index is 1.62. The molecule has 1 aromatic heterocycles. The average molecular weight is 273 g/mol. The first-order valence-corrected chi connectivity index (χ1v) is 7.59. The van der Waals surface area contributed by atoms with Gasteiger partial charge in [-0.05, 0) is 30.9 Å². The number of para-hydroxylation sites is 1. The molecular formula is C17H23NO2. The molecule has 1 saturated carbocycles. The zero-order valence-electron chi connectivity index (χ0n) is 12.0. The maximum absolute atomic E-state index is 6.20. The minimum Gasteiger partial charge on any atom is -0.459 e. The van der Waals surface area contributed by atoms with Crippen molar-refractivity contribution < 1.29 is 9.15 Å². The molecule has 2 N–H and O–H groups in total. The Morgan fingerprint density at radius 3 is 2.90 bits per heavy atom. The average Bonchev–Trinajstić information content (AvgIpc) is 2.90. The normalized spacial score (nSPS) is 24.9. The lowest BCUT2D eigenvalue weighted by Crippen LogP contribution is -2.29. The van der Waals surface area contributed by atoms with E-state index >= 15 is 0 Å². The van der Waals surface area contributed by atoms with Crippen LogP contribution in [0.25, 0.3) is 11.0 Å². The summed E-state index contributed by atoms with van der Waals surface area (Å²) in [4.78, 5) is 0. The third-order valence-electron chi connectivity index (χ3n) is 4.33. The molecule has 0 amide bonds. The monoisotopic (exact) mass is 273 g/mol. The maximum Gasteiger partial charge on any atom is 0.134 e. The van der Waals surface area contributed by atoms with Crippen LogP contribution in [0.3, 0.4) is 0 Å². The molecule has 3 unspecified atom stereocenters. The zero-order chi connectivity index (χ0) is 13.9. The molecule has 0 spiro atoms. The van der Waals surface area contributed by atoms with Gasteiger partial charge in [0.25, 0.3) is 0 Å². The Kier molecular flexibility index (Phi) is 4.08. The summed E-state index contributed by atoms with van der Waals surface area (Å²) in [5.41, 5.74) is 7.10. The van der Waals surface area contributed by atoms with E-state index in [1.165, 1.54) is 19.3 Å². The van der Waals surface area contributed by atoms with Crippen molar-refractivity contribution in [2.45, 2.75) is 44.8 Å². The van der Waals surface area contributed by atoms with Crippen LogP contribution >= 0.6 is 0 Å². The smallest absolute Gasteiger partial charge is 0.134 e. The molecule has 3 rings (SSSR count). The van der Waals surface area contributed by atoms with Gasteiger partial charge in [-0.25, -0.2) is 0 Å². The molecule has 1 fully saturated rings. The number of ether oxygens (including phenoxy) is 1. The Morgan fingerprint density at radius 2 is 2.10 bits per heavy atom. The molecule has 1 aliphatic carbocycles. The van der Waals surface area contributed by atoms with E-state index in [2.05, 4.69) is 6.92 Å². The van der Waals surface area contributed by atoms with E-state index in [1.54, 1.807) is 0 Å². The molecule has 2 aromatic rings. The molecule has 1 heterocycles. The number of benzene rings is 1. The first-order valence-electron chi connectivity index (χ1n) is 7.59. The lowest BCUT2D eigenvalue weighted by molar-refractivity contribution is -0.0130. The highest BCUT2D eigenvalue weighted by molar-refractivity contribution is 5.77. The summed E-state index contributed by atoms with van der Waals surface area (Å²) in [7, 11) is 0. The number of furan rings is 1. The topological polar surface area (TPSA) is 48.4 Å². The number of nitrogens with two attached hydrogens (primary N) is 1. The molecule has 0 radical (unpaired) electrons. The summed E-state index contributed by atoms with van der Waals surface area (Å²) >= 11 is 0. The highest BCUT2D eigenvalue weighted by atomic mass is 16.5. The fraction of sp³-hybridized carbons (Fsp3) is 0.529. The summed E-state index contributed by atoms with van der Waals surface area (Å²) in [5.74, 6) is 1.46. The summed E-state index contributed by atoms with van der Waals surface area (Å²) < 4.78 is 11.8. The second-order valence-electron chi connectivity index (χ2n) is 5.93. The van der Waals surface area contributed by atoms with Crippen LogP contribution in [0.2, 0.25) is 0 Å². The molecule has 1 aromatic carbocycles. The maximum atomic E-state index is 6.20. The van der Waals surface area contributed by atoms with Crippen LogP contribution in [-0.4, -0.2) is 12.7 Å². The van der Waals surface area contributed by atoms with Crippen LogP contribution < -0.4 is 5.73 Å². The predicted octanol–water partition coefficient (Wildman–Crippen LogP) is 4.03. The SMILES string of the molecule is CC1CCCCC1OCC(N)c1cc2ccccc2o1. The minimum absolute atomic E-state index is 0.184. The molecule has 0 bridgehead atoms. The van der Waals surface area contributed by atoms with Gasteiger partial charge in [0.05, 0.1) is 18.8 Å². The molecule has 20 heavy (non-hydrogen) atoms. The van der Waals surface area contributed by atoms with Gasteiger partial charge in [-0.15, -0.1) is 0 Å². The van der Waals surface area contributed by atoms with E-state index in [9.17, 15) is 0 Å². The minimum atomic E-state index is -0.184. The van der Waals surface area contributed by atoms with Gasteiger partial charge in [0, 0.05) is 5.39 Å². The largest absolute Gasteiger partial charge is 0.459 e. The standard InChI is InChI=1S/C17H23NO2/c1-12-6-2-4-8-15(12)19-11-14(18)17-10-13-7-3-5-9-16(13)20-17/h3,5,7,9-10,12,14-15H,2,4,6,8,11,18H2,1H3. The lowest BCUT2D eigenvalue weighted by atomic mass is 9.88. The van der Waals surface area contributed by atoms with Crippen molar-refractivity contribution >= 4 is 11.0 Å². The highest BCUT2D eigenvalue weighted by Crippen LogP contribution is 2.28. The Bertz CT molecular complexity index is 530. The summed E-state index contributed by atoms with van der Waals surface area (Å²) in [6, 6.07) is 9.83. The van der Waals surface area contributed by atoms with Crippen molar-refractivity contribution in [3.05, 3.63) is 36.1 Å². The van der Waals surface area contributed by atoms with Gasteiger partial charge >= 0.3 is 0 Å². The first-order chi connectivity index (χ1) is 9.74. The summed E-state index contributed by atoms with van der Waals surface area (Å²) in [6.45, 7) is 2.81. The van der Waals surface area contributed by atoms with E-state index in [0.717, 1.165) is 23.2 Å². The van der Waals surface area contributed by atoms with E-state index in [4.69, 9.17) is 14.9 Å². The quantitative estimate of drug-likeness (QED) is 0.915. The number of hydrogen-bond donors (Lipinski definition) is 1. The summed E-state index contributed by atoms with van der Waals surface area (Å²) in [6.07, 6.45) is 5.39. The van der Waals surface area contributed by atoms with Gasteiger partial charge in [0.1, 0.15) is 11.3 Å². The van der Waals surface area contributed by atoms with Gasteiger partial charge in [-0.2, -0.15) is 0 Å². The van der Waals surface area contributed by atoms with Gasteiger partial charge in [0.15, 0.2) is 0 Å². The van der Waals surface area contributed by atoms with Crippen LogP contribution in [-0.2, 0) is 4.74 Å². The number of hydrogen-bond acceptors (Lipinski definition) is 3. The number of rotatable bonds is 4. The molecule has 3 atom stereocenters. The second-order valence-corrected chi connectivity index (χ2v) is 5.93. The van der Waals surface area contributed by atoms with Crippen LogP contribution in [0.4, 0.5) is 0 Å². The fourth-order valence-electron chi connectivity index (χ4n) is 3.02. The second kappa shape index (κ2) is 5.98. The fourth-order valence-corrected chi connectivity index (χ4v) is 3.02. The van der Waals surface area contributed by atoms with Gasteiger partial charge < -0.3 is 14.9 Å². The van der Waals surface area contributed by atoms with Crippen LogP contribution in [0.1, 0.15) is 44.4 Å². The molecular weight excluding hydrogens is 250 g/mol. The third kappa shape index (κ3) is 2.89. The highest BCUT2D eigenvalue weighted by Gasteiger charge is 2.23. The van der Waals surface area contributed by atoms with Crippen LogP contribution in [0.5, 0.6) is 0 Å². The summed E-state index contributed by atoms with van der Waals surface area (Å²) in [5, 5.41) is 1.10. The lowest BCUT2D eigenvalue weighted by Gasteiger charge is -2.29. The van der Waals surface area contributed by atoms with E-state index < -0.39 is 0 Å². The van der Waals surface area contributed by atoms with E-state index in [-0.39, 0.29) is 6.04 Å². The molecule has 3 nitrogen and oxygen atoms in total. The van der Waals surface area contributed by atoms with E-state index in [1.807, 2.05) is 30.3 Å². The molecule has 3 heteroatoms.